The number of nitrogens with one attached hydrogen (secondary N) is 1. The zero-order valence-corrected chi connectivity index (χ0v) is 21.1. The Balaban J connectivity index is 1.38. The zero-order valence-electron chi connectivity index (χ0n) is 20.4. The summed E-state index contributed by atoms with van der Waals surface area (Å²) in [7, 11) is 0. The number of hydrogen-bond donors (Lipinski definition) is 1. The van der Waals surface area contributed by atoms with Crippen LogP contribution in [-0.2, 0) is 16.0 Å². The number of carbonyl (C=O) groups excluding carboxylic acids is 1. The molecule has 6 rings (SSSR count). The van der Waals surface area contributed by atoms with Crippen LogP contribution in [0.1, 0.15) is 12.5 Å². The lowest BCUT2D eigenvalue weighted by atomic mass is 10.1. The molecule has 0 atom stereocenters. The molecule has 0 radical (unpaired) electrons. The Labute approximate surface area is 222 Å². The predicted molar refractivity (Wildman–Crippen MR) is 147 cm³/mol. The molecule has 6 aromatic rings. The molecule has 0 bridgehead atoms. The highest BCUT2D eigenvalue weighted by molar-refractivity contribution is 6.31. The molecule has 8 nitrogen and oxygen atoms in total. The number of rotatable bonds is 6. The summed E-state index contributed by atoms with van der Waals surface area (Å²) in [6.45, 7) is 2.12. The minimum absolute atomic E-state index is 0.174. The second-order valence-electron chi connectivity index (χ2n) is 8.74. The number of esters is 1. The van der Waals surface area contributed by atoms with Crippen molar-refractivity contribution < 1.29 is 9.53 Å². The van der Waals surface area contributed by atoms with Gasteiger partial charge in [0.05, 0.1) is 41.0 Å². The van der Waals surface area contributed by atoms with Crippen molar-refractivity contribution >= 4 is 39.8 Å². The van der Waals surface area contributed by atoms with Gasteiger partial charge in [0.2, 0.25) is 0 Å². The number of carbonyl (C=O) groups is 1. The van der Waals surface area contributed by atoms with Crippen LogP contribution >= 0.6 is 11.6 Å². The lowest BCUT2D eigenvalue weighted by molar-refractivity contribution is -0.142. The average molecular weight is 524 g/mol. The summed E-state index contributed by atoms with van der Waals surface area (Å²) in [6, 6.07) is 24.1. The summed E-state index contributed by atoms with van der Waals surface area (Å²) < 4.78 is 8.23. The first-order chi connectivity index (χ1) is 18.5. The molecule has 0 amide bonds. The number of aromatic nitrogens is 5. The first kappa shape index (κ1) is 23.7. The number of benzene rings is 3. The van der Waals surface area contributed by atoms with Crippen molar-refractivity contribution in [2.24, 2.45) is 0 Å². The third-order valence-corrected chi connectivity index (χ3v) is 6.53. The van der Waals surface area contributed by atoms with E-state index in [-0.39, 0.29) is 18.1 Å². The van der Waals surface area contributed by atoms with E-state index in [2.05, 4.69) is 15.0 Å². The van der Waals surface area contributed by atoms with E-state index < -0.39 is 0 Å². The molecule has 0 aliphatic rings. The second kappa shape index (κ2) is 9.64. The van der Waals surface area contributed by atoms with E-state index in [4.69, 9.17) is 16.3 Å². The summed E-state index contributed by atoms with van der Waals surface area (Å²) in [4.78, 5) is 38.0. The molecule has 38 heavy (non-hydrogen) atoms. The summed E-state index contributed by atoms with van der Waals surface area (Å²) in [5, 5.41) is 0.640. The number of nitrogens with zero attached hydrogens (tertiary/aromatic N) is 4. The van der Waals surface area contributed by atoms with Gasteiger partial charge in [-0.2, -0.15) is 0 Å². The highest BCUT2D eigenvalue weighted by Gasteiger charge is 2.17. The van der Waals surface area contributed by atoms with Gasteiger partial charge >= 0.3 is 11.7 Å². The third-order valence-electron chi connectivity index (χ3n) is 6.29. The molecule has 188 valence electrons. The fraction of sp³-hybridized carbons (Fsp3) is 0.103. The van der Waals surface area contributed by atoms with Crippen molar-refractivity contribution in [1.29, 1.82) is 0 Å². The minimum Gasteiger partial charge on any atom is -0.466 e. The van der Waals surface area contributed by atoms with Crippen LogP contribution in [0.3, 0.4) is 0 Å². The van der Waals surface area contributed by atoms with Crippen LogP contribution in [0.15, 0.2) is 89.9 Å². The van der Waals surface area contributed by atoms with Crippen molar-refractivity contribution in [3.05, 3.63) is 106 Å². The monoisotopic (exact) mass is 523 g/mol. The molecule has 0 aliphatic heterocycles. The Morgan fingerprint density at radius 1 is 0.974 bits per heavy atom. The van der Waals surface area contributed by atoms with Gasteiger partial charge in [-0.3, -0.25) is 9.36 Å². The Kier molecular flexibility index (Phi) is 6.01. The Morgan fingerprint density at radius 3 is 2.47 bits per heavy atom. The fourth-order valence-electron chi connectivity index (χ4n) is 4.54. The summed E-state index contributed by atoms with van der Waals surface area (Å²) in [5.41, 5.74) is 5.70. The largest absolute Gasteiger partial charge is 0.466 e. The predicted octanol–water partition coefficient (Wildman–Crippen LogP) is 5.48. The number of hydrogen-bond acceptors (Lipinski definition) is 5. The van der Waals surface area contributed by atoms with Crippen LogP contribution in [0.5, 0.6) is 0 Å². The van der Waals surface area contributed by atoms with E-state index >= 15 is 0 Å². The van der Waals surface area contributed by atoms with E-state index in [1.54, 1.807) is 28.3 Å². The molecule has 3 heterocycles. The fourth-order valence-corrected chi connectivity index (χ4v) is 4.71. The van der Waals surface area contributed by atoms with Crippen LogP contribution in [0.25, 0.3) is 45.0 Å². The summed E-state index contributed by atoms with van der Waals surface area (Å²) in [5.74, 6) is 0.429. The molecule has 9 heteroatoms. The second-order valence-corrected chi connectivity index (χ2v) is 9.18. The minimum atomic E-state index is -0.287. The Morgan fingerprint density at radius 2 is 1.71 bits per heavy atom. The van der Waals surface area contributed by atoms with Crippen LogP contribution in [0.4, 0.5) is 0 Å². The van der Waals surface area contributed by atoms with Crippen LogP contribution in [0, 0.1) is 0 Å². The molecule has 0 unspecified atom stereocenters. The molecule has 0 spiro atoms. The van der Waals surface area contributed by atoms with Gasteiger partial charge in [-0.05, 0) is 79.2 Å². The first-order valence-electron chi connectivity index (χ1n) is 12.1. The molecular weight excluding hydrogens is 502 g/mol. The van der Waals surface area contributed by atoms with Gasteiger partial charge in [-0.15, -0.1) is 0 Å². The number of imidazole rings is 2. The van der Waals surface area contributed by atoms with Crippen molar-refractivity contribution in [2.45, 2.75) is 13.3 Å². The maximum atomic E-state index is 13.7. The molecule has 0 aliphatic carbocycles. The smallest absolute Gasteiger partial charge is 0.339 e. The molecule has 3 aromatic carbocycles. The van der Waals surface area contributed by atoms with Gasteiger partial charge in [0, 0.05) is 16.8 Å². The van der Waals surface area contributed by atoms with E-state index in [9.17, 15) is 9.59 Å². The average Bonchev–Trinajstić information content (AvgIpc) is 3.47. The van der Waals surface area contributed by atoms with Crippen molar-refractivity contribution in [2.75, 3.05) is 6.61 Å². The number of ether oxygens (including phenoxy) is 1. The maximum absolute atomic E-state index is 13.7. The van der Waals surface area contributed by atoms with Crippen molar-refractivity contribution in [1.82, 2.24) is 24.1 Å². The van der Waals surface area contributed by atoms with E-state index in [0.29, 0.717) is 40.0 Å². The number of pyridine rings is 1. The van der Waals surface area contributed by atoms with E-state index in [0.717, 1.165) is 22.2 Å². The molecule has 0 saturated carbocycles. The molecule has 0 fully saturated rings. The van der Waals surface area contributed by atoms with Crippen LogP contribution < -0.4 is 5.69 Å². The Hall–Kier alpha value is -4.69. The summed E-state index contributed by atoms with van der Waals surface area (Å²) >= 11 is 6.10. The van der Waals surface area contributed by atoms with Gasteiger partial charge in [0.15, 0.2) is 5.65 Å². The zero-order chi connectivity index (χ0) is 26.2. The van der Waals surface area contributed by atoms with Crippen molar-refractivity contribution in [3.63, 3.8) is 0 Å². The SMILES string of the molecule is CCOC(=O)Cc1ccc(-n2c(=O)n(-c3ccc(-c4nc5ccc(Cl)cc5[nH]4)cc3)c3cccnc32)cc1. The van der Waals surface area contributed by atoms with Crippen LogP contribution in [-0.4, -0.2) is 36.7 Å². The van der Waals surface area contributed by atoms with Gasteiger partial charge in [0.1, 0.15) is 5.82 Å². The quantitative estimate of drug-likeness (QED) is 0.292. The van der Waals surface area contributed by atoms with E-state index in [1.807, 2.05) is 72.8 Å². The molecule has 3 aromatic heterocycles. The molecule has 0 saturated heterocycles. The highest BCUT2D eigenvalue weighted by atomic mass is 35.5. The number of halogens is 1. The standard InChI is InChI=1S/C29H22ClN5O3/c1-2-38-26(36)16-18-5-10-22(11-6-18)35-28-25(4-3-15-31-28)34(29(35)37)21-12-7-19(8-13-21)27-32-23-14-9-20(30)17-24(23)33-27/h3-15,17H,2,16H2,1H3,(H,32,33). The Bertz CT molecular complexity index is 1850. The summed E-state index contributed by atoms with van der Waals surface area (Å²) in [6.07, 6.45) is 1.84. The molecular formula is C29H22ClN5O3. The number of H-pyrrole nitrogens is 1. The molecule has 1 N–H and O–H groups in total. The first-order valence-corrected chi connectivity index (χ1v) is 12.5. The lowest BCUT2D eigenvalue weighted by Gasteiger charge is -2.06. The normalized spacial score (nSPS) is 11.3. The van der Waals surface area contributed by atoms with Gasteiger partial charge in [-0.1, -0.05) is 23.7 Å². The van der Waals surface area contributed by atoms with Crippen molar-refractivity contribution in [3.8, 4) is 22.8 Å². The van der Waals surface area contributed by atoms with Gasteiger partial charge < -0.3 is 9.72 Å². The number of fused-ring (bicyclic) bond motifs is 2. The van der Waals surface area contributed by atoms with Crippen LogP contribution in [0.2, 0.25) is 5.02 Å². The lowest BCUT2D eigenvalue weighted by Crippen LogP contribution is -2.22. The number of aromatic amines is 1. The third kappa shape index (κ3) is 4.25. The van der Waals surface area contributed by atoms with Gasteiger partial charge in [-0.25, -0.2) is 19.3 Å². The van der Waals surface area contributed by atoms with Gasteiger partial charge in [0.25, 0.3) is 0 Å². The van der Waals surface area contributed by atoms with E-state index in [1.165, 1.54) is 0 Å². The maximum Gasteiger partial charge on any atom is 0.339 e. The topological polar surface area (TPSA) is 94.8 Å². The highest BCUT2D eigenvalue weighted by Crippen LogP contribution is 2.25.